The Bertz CT molecular complexity index is 207. The van der Waals surface area contributed by atoms with Crippen LogP contribution in [0.2, 0.25) is 0 Å². The summed E-state index contributed by atoms with van der Waals surface area (Å²) in [5, 5.41) is 8.87. The Morgan fingerprint density at radius 3 is 2.79 bits per heavy atom. The van der Waals surface area contributed by atoms with E-state index in [-0.39, 0.29) is 6.04 Å². The molecular formula is C12H22N2. The van der Waals surface area contributed by atoms with E-state index >= 15 is 0 Å². The van der Waals surface area contributed by atoms with E-state index < -0.39 is 0 Å². The molecule has 0 aliphatic heterocycles. The van der Waals surface area contributed by atoms with Crippen LogP contribution in [-0.4, -0.2) is 24.0 Å². The van der Waals surface area contributed by atoms with Crippen LogP contribution in [-0.2, 0) is 0 Å². The van der Waals surface area contributed by atoms with E-state index in [0.717, 1.165) is 5.92 Å². The molecule has 1 fully saturated rings. The van der Waals surface area contributed by atoms with E-state index in [2.05, 4.69) is 24.9 Å². The Balaban J connectivity index is 2.47. The molecule has 1 aliphatic carbocycles. The average molecular weight is 194 g/mol. The zero-order chi connectivity index (χ0) is 10.6. The predicted molar refractivity (Wildman–Crippen MR) is 58.9 cm³/mol. The summed E-state index contributed by atoms with van der Waals surface area (Å²) in [4.78, 5) is 2.25. The Kier molecular flexibility index (Phi) is 4.41. The van der Waals surface area contributed by atoms with Gasteiger partial charge in [0, 0.05) is 6.04 Å². The minimum Gasteiger partial charge on any atom is -0.288 e. The van der Waals surface area contributed by atoms with Crippen molar-refractivity contribution in [2.45, 2.75) is 58.0 Å². The lowest BCUT2D eigenvalue weighted by Crippen LogP contribution is -2.40. The molecule has 80 valence electrons. The first kappa shape index (κ1) is 11.5. The highest BCUT2D eigenvalue weighted by Crippen LogP contribution is 2.29. The van der Waals surface area contributed by atoms with Gasteiger partial charge in [-0.2, -0.15) is 5.26 Å². The van der Waals surface area contributed by atoms with Gasteiger partial charge < -0.3 is 0 Å². The minimum atomic E-state index is 0.0654. The normalized spacial score (nSPS) is 29.9. The van der Waals surface area contributed by atoms with Gasteiger partial charge in [-0.05, 0) is 32.7 Å². The number of nitriles is 1. The first-order valence-corrected chi connectivity index (χ1v) is 5.80. The van der Waals surface area contributed by atoms with E-state index in [0.29, 0.717) is 6.04 Å². The van der Waals surface area contributed by atoms with Gasteiger partial charge in [-0.25, -0.2) is 0 Å². The third-order valence-corrected chi connectivity index (χ3v) is 3.71. The lowest BCUT2D eigenvalue weighted by molar-refractivity contribution is 0.140. The number of nitrogens with zero attached hydrogens (tertiary/aromatic N) is 2. The van der Waals surface area contributed by atoms with Crippen molar-refractivity contribution < 1.29 is 0 Å². The van der Waals surface area contributed by atoms with Crippen molar-refractivity contribution in [3.8, 4) is 6.07 Å². The smallest absolute Gasteiger partial charge is 0.0949 e. The van der Waals surface area contributed by atoms with Crippen molar-refractivity contribution in [3.63, 3.8) is 0 Å². The number of rotatable bonds is 3. The molecule has 1 rings (SSSR count). The molecule has 0 aromatic rings. The van der Waals surface area contributed by atoms with Crippen LogP contribution in [0.5, 0.6) is 0 Å². The molecule has 0 spiro atoms. The maximum absolute atomic E-state index is 8.87. The topological polar surface area (TPSA) is 27.0 Å². The summed E-state index contributed by atoms with van der Waals surface area (Å²) in [6.07, 6.45) is 6.59. The highest BCUT2D eigenvalue weighted by Gasteiger charge is 2.25. The Morgan fingerprint density at radius 1 is 1.50 bits per heavy atom. The Hall–Kier alpha value is -0.550. The highest BCUT2D eigenvalue weighted by atomic mass is 15.2. The standard InChI is InChI=1S/C12H22N2/c1-4-11-6-5-7-12(8-11)14(3)10(2)9-13/h10-12H,4-8H2,1-3H3. The maximum Gasteiger partial charge on any atom is 0.0949 e. The molecule has 3 unspecified atom stereocenters. The lowest BCUT2D eigenvalue weighted by atomic mass is 9.83. The van der Waals surface area contributed by atoms with Crippen molar-refractivity contribution in [2.24, 2.45) is 5.92 Å². The average Bonchev–Trinajstić information content (AvgIpc) is 2.27. The van der Waals surface area contributed by atoms with Gasteiger partial charge >= 0.3 is 0 Å². The Labute approximate surface area is 87.9 Å². The summed E-state index contributed by atoms with van der Waals surface area (Å²) in [5.74, 6) is 0.891. The van der Waals surface area contributed by atoms with Gasteiger partial charge in [0.1, 0.15) is 0 Å². The predicted octanol–water partition coefficient (Wildman–Crippen LogP) is 2.80. The van der Waals surface area contributed by atoms with Gasteiger partial charge in [-0.3, -0.25) is 4.90 Å². The van der Waals surface area contributed by atoms with Gasteiger partial charge in [0.25, 0.3) is 0 Å². The van der Waals surface area contributed by atoms with E-state index in [1.54, 1.807) is 0 Å². The van der Waals surface area contributed by atoms with E-state index in [9.17, 15) is 0 Å². The third-order valence-electron chi connectivity index (χ3n) is 3.71. The van der Waals surface area contributed by atoms with Crippen LogP contribution in [0.3, 0.4) is 0 Å². The van der Waals surface area contributed by atoms with Crippen LogP contribution in [0.1, 0.15) is 46.0 Å². The van der Waals surface area contributed by atoms with E-state index in [1.807, 2.05) is 6.92 Å². The molecule has 1 saturated carbocycles. The van der Waals surface area contributed by atoms with Crippen LogP contribution in [0.25, 0.3) is 0 Å². The second-order valence-electron chi connectivity index (χ2n) is 4.57. The lowest BCUT2D eigenvalue weighted by Gasteiger charge is -2.36. The molecule has 2 nitrogen and oxygen atoms in total. The maximum atomic E-state index is 8.87. The van der Waals surface area contributed by atoms with Crippen molar-refractivity contribution in [1.82, 2.24) is 4.90 Å². The first-order valence-electron chi connectivity index (χ1n) is 5.80. The molecule has 2 heteroatoms. The quantitative estimate of drug-likeness (QED) is 0.690. The van der Waals surface area contributed by atoms with Gasteiger partial charge in [-0.15, -0.1) is 0 Å². The molecule has 0 radical (unpaired) electrons. The van der Waals surface area contributed by atoms with Crippen LogP contribution in [0, 0.1) is 17.2 Å². The molecule has 0 saturated heterocycles. The fourth-order valence-corrected chi connectivity index (χ4v) is 2.41. The summed E-state index contributed by atoms with van der Waals surface area (Å²) in [5.41, 5.74) is 0. The van der Waals surface area contributed by atoms with Gasteiger partial charge in [0.2, 0.25) is 0 Å². The Morgan fingerprint density at radius 2 is 2.21 bits per heavy atom. The summed E-state index contributed by atoms with van der Waals surface area (Å²) in [7, 11) is 2.09. The van der Waals surface area contributed by atoms with Crippen LogP contribution >= 0.6 is 0 Å². The summed E-state index contributed by atoms with van der Waals surface area (Å²) in [6.45, 7) is 4.27. The molecule has 0 aromatic carbocycles. The van der Waals surface area contributed by atoms with Crippen molar-refractivity contribution >= 4 is 0 Å². The molecule has 3 atom stereocenters. The minimum absolute atomic E-state index is 0.0654. The third kappa shape index (κ3) is 2.72. The van der Waals surface area contributed by atoms with E-state index in [4.69, 9.17) is 5.26 Å². The van der Waals surface area contributed by atoms with E-state index in [1.165, 1.54) is 32.1 Å². The number of hydrogen-bond acceptors (Lipinski definition) is 2. The molecule has 14 heavy (non-hydrogen) atoms. The zero-order valence-corrected chi connectivity index (χ0v) is 9.66. The second-order valence-corrected chi connectivity index (χ2v) is 4.57. The summed E-state index contributed by atoms with van der Waals surface area (Å²) < 4.78 is 0. The van der Waals surface area contributed by atoms with Crippen molar-refractivity contribution in [2.75, 3.05) is 7.05 Å². The molecule has 0 amide bonds. The van der Waals surface area contributed by atoms with Gasteiger partial charge in [0.05, 0.1) is 12.1 Å². The fourth-order valence-electron chi connectivity index (χ4n) is 2.41. The molecule has 0 N–H and O–H groups in total. The highest BCUT2D eigenvalue weighted by molar-refractivity contribution is 4.91. The fraction of sp³-hybridized carbons (Fsp3) is 0.917. The zero-order valence-electron chi connectivity index (χ0n) is 9.66. The van der Waals surface area contributed by atoms with Crippen LogP contribution in [0.4, 0.5) is 0 Å². The molecule has 0 bridgehead atoms. The molecule has 0 heterocycles. The van der Waals surface area contributed by atoms with Crippen LogP contribution < -0.4 is 0 Å². The first-order chi connectivity index (χ1) is 6.69. The van der Waals surface area contributed by atoms with Crippen molar-refractivity contribution in [1.29, 1.82) is 5.26 Å². The number of hydrogen-bond donors (Lipinski definition) is 0. The molecule has 1 aliphatic rings. The SMILES string of the molecule is CCC1CCCC(N(C)C(C)C#N)C1. The summed E-state index contributed by atoms with van der Waals surface area (Å²) >= 11 is 0. The monoisotopic (exact) mass is 194 g/mol. The van der Waals surface area contributed by atoms with Gasteiger partial charge in [0.15, 0.2) is 0 Å². The molecular weight excluding hydrogens is 172 g/mol. The second kappa shape index (κ2) is 5.36. The largest absolute Gasteiger partial charge is 0.288 e. The van der Waals surface area contributed by atoms with Gasteiger partial charge in [-0.1, -0.05) is 26.2 Å². The molecule has 0 aromatic heterocycles. The van der Waals surface area contributed by atoms with Crippen molar-refractivity contribution in [3.05, 3.63) is 0 Å². The van der Waals surface area contributed by atoms with Crippen LogP contribution in [0.15, 0.2) is 0 Å². The summed E-state index contributed by atoms with van der Waals surface area (Å²) in [6, 6.07) is 3.03.